The molecule has 0 aromatic heterocycles. The largest absolute Gasteiger partial charge is 0.327 e. The van der Waals surface area contributed by atoms with Crippen LogP contribution in [0.2, 0.25) is 0 Å². The zero-order valence-corrected chi connectivity index (χ0v) is 6.56. The van der Waals surface area contributed by atoms with E-state index in [0.29, 0.717) is 0 Å². The molecule has 0 saturated carbocycles. The summed E-state index contributed by atoms with van der Waals surface area (Å²) in [5.41, 5.74) is 8.48. The highest BCUT2D eigenvalue weighted by Gasteiger charge is 2.03. The molecule has 0 radical (unpaired) electrons. The Morgan fingerprint density at radius 1 is 1.60 bits per heavy atom. The number of hydrogen-bond acceptors (Lipinski definition) is 1. The second-order valence-electron chi connectivity index (χ2n) is 2.63. The van der Waals surface area contributed by atoms with Crippen LogP contribution in [0.5, 0.6) is 0 Å². The van der Waals surface area contributed by atoms with Crippen LogP contribution in [-0.2, 0) is 0 Å². The highest BCUT2D eigenvalue weighted by Crippen LogP contribution is 2.19. The molecule has 0 spiro atoms. The Labute approximate surface area is 62.6 Å². The van der Waals surface area contributed by atoms with Crippen molar-refractivity contribution in [2.45, 2.75) is 26.2 Å². The Morgan fingerprint density at radius 3 is 2.90 bits per heavy atom. The zero-order chi connectivity index (χ0) is 7.40. The van der Waals surface area contributed by atoms with Crippen molar-refractivity contribution in [2.75, 3.05) is 6.54 Å². The summed E-state index contributed by atoms with van der Waals surface area (Å²) >= 11 is 0. The van der Waals surface area contributed by atoms with Crippen LogP contribution < -0.4 is 5.73 Å². The minimum absolute atomic E-state index is 0.744. The molecule has 0 amide bonds. The summed E-state index contributed by atoms with van der Waals surface area (Å²) in [5.74, 6) is 0. The smallest absolute Gasteiger partial charge is 0.0142 e. The Kier molecular flexibility index (Phi) is 2.69. The molecular weight excluding hydrogens is 122 g/mol. The van der Waals surface area contributed by atoms with Gasteiger partial charge in [-0.2, -0.15) is 0 Å². The van der Waals surface area contributed by atoms with E-state index in [1.807, 2.05) is 0 Å². The van der Waals surface area contributed by atoms with Crippen molar-refractivity contribution in [2.24, 2.45) is 5.73 Å². The highest BCUT2D eigenvalue weighted by molar-refractivity contribution is 5.29. The van der Waals surface area contributed by atoms with Crippen LogP contribution in [0, 0.1) is 0 Å². The van der Waals surface area contributed by atoms with Crippen LogP contribution in [-0.4, -0.2) is 6.54 Å². The van der Waals surface area contributed by atoms with Gasteiger partial charge in [-0.05, 0) is 24.8 Å². The monoisotopic (exact) mass is 137 g/mol. The van der Waals surface area contributed by atoms with Crippen LogP contribution in [0.4, 0.5) is 0 Å². The third kappa shape index (κ3) is 1.48. The lowest BCUT2D eigenvalue weighted by Crippen LogP contribution is -2.07. The first kappa shape index (κ1) is 7.55. The molecule has 0 fully saturated rings. The topological polar surface area (TPSA) is 26.0 Å². The predicted octanol–water partition coefficient (Wildman–Crippen LogP) is 2.00. The van der Waals surface area contributed by atoms with E-state index >= 15 is 0 Å². The predicted molar refractivity (Wildman–Crippen MR) is 44.7 cm³/mol. The molecule has 1 heteroatoms. The average Bonchev–Trinajstić information content (AvgIpc) is 2.04. The molecule has 1 aliphatic carbocycles. The summed E-state index contributed by atoms with van der Waals surface area (Å²) in [5, 5.41) is 0. The van der Waals surface area contributed by atoms with E-state index in [4.69, 9.17) is 5.73 Å². The van der Waals surface area contributed by atoms with Crippen molar-refractivity contribution in [1.82, 2.24) is 0 Å². The van der Waals surface area contributed by atoms with Crippen LogP contribution in [0.1, 0.15) is 26.2 Å². The maximum atomic E-state index is 5.58. The van der Waals surface area contributed by atoms with Crippen molar-refractivity contribution < 1.29 is 0 Å². The van der Waals surface area contributed by atoms with Crippen molar-refractivity contribution >= 4 is 0 Å². The molecule has 1 rings (SSSR count). The molecule has 10 heavy (non-hydrogen) atoms. The fourth-order valence-electron chi connectivity index (χ4n) is 1.36. The Balaban J connectivity index is 2.73. The van der Waals surface area contributed by atoms with E-state index in [9.17, 15) is 0 Å². The summed E-state index contributed by atoms with van der Waals surface area (Å²) in [6, 6.07) is 0. The van der Waals surface area contributed by atoms with Gasteiger partial charge >= 0.3 is 0 Å². The molecule has 1 aliphatic rings. The van der Waals surface area contributed by atoms with E-state index < -0.39 is 0 Å². The molecule has 0 heterocycles. The second-order valence-corrected chi connectivity index (χ2v) is 2.63. The van der Waals surface area contributed by atoms with Gasteiger partial charge in [0, 0.05) is 6.54 Å². The quantitative estimate of drug-likeness (QED) is 0.619. The SMILES string of the molecule is CCC1=C(CN)CCC=C1. The minimum atomic E-state index is 0.744. The van der Waals surface area contributed by atoms with Gasteiger partial charge in [0.25, 0.3) is 0 Å². The van der Waals surface area contributed by atoms with Gasteiger partial charge in [0.05, 0.1) is 0 Å². The molecule has 0 bridgehead atoms. The van der Waals surface area contributed by atoms with Crippen molar-refractivity contribution in [3.8, 4) is 0 Å². The molecule has 56 valence electrons. The van der Waals surface area contributed by atoms with Gasteiger partial charge in [-0.3, -0.25) is 0 Å². The van der Waals surface area contributed by atoms with Gasteiger partial charge < -0.3 is 5.73 Å². The molecule has 0 aromatic carbocycles. The Bertz CT molecular complexity index is 166. The van der Waals surface area contributed by atoms with E-state index in [-0.39, 0.29) is 0 Å². The molecule has 1 nitrogen and oxygen atoms in total. The van der Waals surface area contributed by atoms with E-state index in [2.05, 4.69) is 19.1 Å². The molecule has 0 atom stereocenters. The summed E-state index contributed by atoms with van der Waals surface area (Å²) in [6.07, 6.45) is 7.93. The fourth-order valence-corrected chi connectivity index (χ4v) is 1.36. The zero-order valence-electron chi connectivity index (χ0n) is 6.56. The lowest BCUT2D eigenvalue weighted by Gasteiger charge is -2.12. The summed E-state index contributed by atoms with van der Waals surface area (Å²) in [6.45, 7) is 2.92. The van der Waals surface area contributed by atoms with Gasteiger partial charge in [-0.1, -0.05) is 24.6 Å². The van der Waals surface area contributed by atoms with Crippen molar-refractivity contribution in [1.29, 1.82) is 0 Å². The minimum Gasteiger partial charge on any atom is -0.327 e. The summed E-state index contributed by atoms with van der Waals surface area (Å²) < 4.78 is 0. The second kappa shape index (κ2) is 3.57. The van der Waals surface area contributed by atoms with Crippen LogP contribution >= 0.6 is 0 Å². The van der Waals surface area contributed by atoms with Gasteiger partial charge in [-0.25, -0.2) is 0 Å². The fraction of sp³-hybridized carbons (Fsp3) is 0.556. The standard InChI is InChI=1S/C9H15N/c1-2-8-5-3-4-6-9(8)7-10/h3,5H,2,4,6-7,10H2,1H3. The molecule has 0 aromatic rings. The number of hydrogen-bond donors (Lipinski definition) is 1. The number of nitrogens with two attached hydrogens (primary N) is 1. The molecule has 2 N–H and O–H groups in total. The van der Waals surface area contributed by atoms with Crippen LogP contribution in [0.25, 0.3) is 0 Å². The first-order valence-corrected chi connectivity index (χ1v) is 3.96. The molecule has 0 aliphatic heterocycles. The molecular formula is C9H15N. The normalized spacial score (nSPS) is 18.2. The highest BCUT2D eigenvalue weighted by atomic mass is 14.5. The number of rotatable bonds is 2. The lowest BCUT2D eigenvalue weighted by molar-refractivity contribution is 0.874. The van der Waals surface area contributed by atoms with Gasteiger partial charge in [0.1, 0.15) is 0 Å². The number of allylic oxidation sites excluding steroid dienone is 3. The maximum Gasteiger partial charge on any atom is 0.0142 e. The molecule has 0 unspecified atom stereocenters. The van der Waals surface area contributed by atoms with Gasteiger partial charge in [0.2, 0.25) is 0 Å². The molecule has 0 saturated heterocycles. The van der Waals surface area contributed by atoms with Gasteiger partial charge in [0.15, 0.2) is 0 Å². The third-order valence-electron chi connectivity index (χ3n) is 2.01. The van der Waals surface area contributed by atoms with E-state index in [1.54, 1.807) is 0 Å². The summed E-state index contributed by atoms with van der Waals surface area (Å²) in [7, 11) is 0. The van der Waals surface area contributed by atoms with E-state index in [1.165, 1.54) is 24.0 Å². The first-order chi connectivity index (χ1) is 4.88. The van der Waals surface area contributed by atoms with Gasteiger partial charge in [-0.15, -0.1) is 0 Å². The van der Waals surface area contributed by atoms with E-state index in [0.717, 1.165) is 13.0 Å². The Morgan fingerprint density at radius 2 is 2.40 bits per heavy atom. The lowest BCUT2D eigenvalue weighted by atomic mass is 9.96. The summed E-state index contributed by atoms with van der Waals surface area (Å²) in [4.78, 5) is 0. The van der Waals surface area contributed by atoms with Crippen molar-refractivity contribution in [3.63, 3.8) is 0 Å². The Hall–Kier alpha value is -0.560. The van der Waals surface area contributed by atoms with Crippen molar-refractivity contribution in [3.05, 3.63) is 23.3 Å². The van der Waals surface area contributed by atoms with Crippen LogP contribution in [0.15, 0.2) is 23.3 Å². The maximum absolute atomic E-state index is 5.58. The first-order valence-electron chi connectivity index (χ1n) is 3.96. The average molecular weight is 137 g/mol. The van der Waals surface area contributed by atoms with Crippen LogP contribution in [0.3, 0.4) is 0 Å². The third-order valence-corrected chi connectivity index (χ3v) is 2.01.